The fraction of sp³-hybridized carbons (Fsp3) is 0.333. The van der Waals surface area contributed by atoms with E-state index in [0.29, 0.717) is 5.92 Å². The summed E-state index contributed by atoms with van der Waals surface area (Å²) in [5.74, 6) is 0.608. The molecule has 3 rings (SSSR count). The lowest BCUT2D eigenvalue weighted by molar-refractivity contribution is 0.624. The van der Waals surface area contributed by atoms with Crippen molar-refractivity contribution < 1.29 is 0 Å². The Bertz CT molecular complexity index is 627. The molecule has 0 aromatic heterocycles. The van der Waals surface area contributed by atoms with Crippen LogP contribution < -0.4 is 0 Å². The van der Waals surface area contributed by atoms with Crippen LogP contribution in [0.5, 0.6) is 0 Å². The van der Waals surface area contributed by atoms with Crippen LogP contribution in [-0.2, 0) is 6.42 Å². The summed E-state index contributed by atoms with van der Waals surface area (Å²) in [6.07, 6.45) is 18.9. The number of allylic oxidation sites excluding steroid dienone is 5. The molecule has 24 heavy (non-hydrogen) atoms. The Morgan fingerprint density at radius 2 is 2.08 bits per heavy atom. The maximum atomic E-state index is 4.34. The van der Waals surface area contributed by atoms with E-state index in [4.69, 9.17) is 0 Å². The van der Waals surface area contributed by atoms with Crippen LogP contribution in [0, 0.1) is 18.8 Å². The summed E-state index contributed by atoms with van der Waals surface area (Å²) in [6, 6.07) is 6.57. The third-order valence-electron chi connectivity index (χ3n) is 4.51. The molecule has 2 aliphatic rings. The van der Waals surface area contributed by atoms with Crippen LogP contribution in [0.25, 0.3) is 11.6 Å². The van der Waals surface area contributed by atoms with Crippen LogP contribution in [0.3, 0.4) is 0 Å². The van der Waals surface area contributed by atoms with E-state index in [2.05, 4.69) is 68.5 Å². The molecule has 0 spiro atoms. The van der Waals surface area contributed by atoms with Crippen molar-refractivity contribution in [2.75, 3.05) is 0 Å². The van der Waals surface area contributed by atoms with E-state index in [0.717, 1.165) is 32.1 Å². The molecule has 0 saturated heterocycles. The van der Waals surface area contributed by atoms with Crippen molar-refractivity contribution >= 4 is 11.6 Å². The molecule has 126 valence electrons. The van der Waals surface area contributed by atoms with Gasteiger partial charge in [0.25, 0.3) is 0 Å². The summed E-state index contributed by atoms with van der Waals surface area (Å²) >= 11 is 0. The van der Waals surface area contributed by atoms with Crippen molar-refractivity contribution in [1.82, 2.24) is 0 Å². The Morgan fingerprint density at radius 3 is 2.92 bits per heavy atom. The first-order valence-electron chi connectivity index (χ1n) is 9.19. The second-order valence-electron chi connectivity index (χ2n) is 6.36. The van der Waals surface area contributed by atoms with E-state index in [-0.39, 0.29) is 0 Å². The predicted octanol–water partition coefficient (Wildman–Crippen LogP) is 7.01. The van der Waals surface area contributed by atoms with Crippen molar-refractivity contribution in [2.45, 2.75) is 46.0 Å². The van der Waals surface area contributed by atoms with Gasteiger partial charge in [-0.1, -0.05) is 75.1 Å². The Hall–Kier alpha value is -1.82. The van der Waals surface area contributed by atoms with Crippen LogP contribution in [-0.4, -0.2) is 0 Å². The van der Waals surface area contributed by atoms with Gasteiger partial charge in [0.1, 0.15) is 0 Å². The van der Waals surface area contributed by atoms with Gasteiger partial charge < -0.3 is 0 Å². The Morgan fingerprint density at radius 1 is 1.25 bits per heavy atom. The molecule has 1 aromatic rings. The number of hydrogen-bond donors (Lipinski definition) is 0. The van der Waals surface area contributed by atoms with Crippen molar-refractivity contribution in [3.8, 4) is 0 Å². The van der Waals surface area contributed by atoms with Gasteiger partial charge in [0.2, 0.25) is 0 Å². The normalized spacial score (nSPS) is 19.1. The van der Waals surface area contributed by atoms with Gasteiger partial charge in [0.05, 0.1) is 0 Å². The molecule has 0 amide bonds. The topological polar surface area (TPSA) is 0 Å². The lowest BCUT2D eigenvalue weighted by Crippen LogP contribution is -2.03. The summed E-state index contributed by atoms with van der Waals surface area (Å²) < 4.78 is 0. The molecule has 2 radical (unpaired) electrons. The molecular weight excluding hydrogens is 288 g/mol. The third-order valence-corrected chi connectivity index (χ3v) is 4.51. The Balaban J connectivity index is 0.00000100. The van der Waals surface area contributed by atoms with Gasteiger partial charge in [0.15, 0.2) is 0 Å². The van der Waals surface area contributed by atoms with Gasteiger partial charge >= 0.3 is 0 Å². The smallest absolute Gasteiger partial charge is 0.00634 e. The largest absolute Gasteiger partial charge is 0.0995 e. The number of rotatable bonds is 4. The summed E-state index contributed by atoms with van der Waals surface area (Å²) in [4.78, 5) is 0. The van der Waals surface area contributed by atoms with Crippen molar-refractivity contribution in [3.63, 3.8) is 0 Å². The summed E-state index contributed by atoms with van der Waals surface area (Å²) in [6.45, 7) is 12.5. The molecule has 1 unspecified atom stereocenters. The average molecular weight is 319 g/mol. The first-order valence-corrected chi connectivity index (χ1v) is 9.19. The highest BCUT2D eigenvalue weighted by atomic mass is 14.2. The van der Waals surface area contributed by atoms with Crippen LogP contribution in [0.4, 0.5) is 0 Å². The van der Waals surface area contributed by atoms with E-state index >= 15 is 0 Å². The number of fused-ring (bicyclic) bond motifs is 1. The number of hydrogen-bond acceptors (Lipinski definition) is 0. The minimum absolute atomic E-state index is 0.608. The van der Waals surface area contributed by atoms with E-state index in [1.807, 2.05) is 13.8 Å². The molecule has 0 fully saturated rings. The maximum Gasteiger partial charge on any atom is -0.00634 e. The summed E-state index contributed by atoms with van der Waals surface area (Å²) in [5.41, 5.74) is 6.58. The molecule has 0 aliphatic heterocycles. The van der Waals surface area contributed by atoms with Crippen LogP contribution in [0.1, 0.15) is 56.2 Å². The molecule has 0 heteroatoms. The van der Waals surface area contributed by atoms with Crippen molar-refractivity contribution in [3.05, 3.63) is 84.7 Å². The molecule has 1 aromatic carbocycles. The van der Waals surface area contributed by atoms with Crippen LogP contribution in [0.2, 0.25) is 0 Å². The average Bonchev–Trinajstić information content (AvgIpc) is 2.86. The lowest BCUT2D eigenvalue weighted by Gasteiger charge is -2.19. The molecular formula is C24H30. The van der Waals surface area contributed by atoms with Gasteiger partial charge in [0, 0.05) is 0 Å². The minimum Gasteiger partial charge on any atom is -0.0995 e. The summed E-state index contributed by atoms with van der Waals surface area (Å²) in [5, 5.41) is 0. The first-order chi connectivity index (χ1) is 11.7. The van der Waals surface area contributed by atoms with Gasteiger partial charge in [-0.15, -0.1) is 0 Å². The third kappa shape index (κ3) is 4.84. The zero-order valence-electron chi connectivity index (χ0n) is 15.2. The molecule has 2 aliphatic carbocycles. The number of benzene rings is 1. The van der Waals surface area contributed by atoms with Gasteiger partial charge in [-0.2, -0.15) is 0 Å². The van der Waals surface area contributed by atoms with Gasteiger partial charge in [-0.3, -0.25) is 0 Å². The van der Waals surface area contributed by atoms with E-state index < -0.39 is 0 Å². The van der Waals surface area contributed by atoms with Crippen molar-refractivity contribution in [2.24, 2.45) is 5.92 Å². The maximum absolute atomic E-state index is 4.34. The highest BCUT2D eigenvalue weighted by Gasteiger charge is 2.14. The second kappa shape index (κ2) is 9.47. The monoisotopic (exact) mass is 318 g/mol. The second-order valence-corrected chi connectivity index (χ2v) is 6.36. The standard InChI is InChI=1S/C22H24.C2H6/c1-17(15-19-10-5-3-4-6-11-19)16-20-12-8-13-21-18(2)9-7-14-22(20)21;1-2/h3,5-8,10,12-14,19H,1-2,4,9,11,15-16H2;1-2H3. The lowest BCUT2D eigenvalue weighted by atomic mass is 9.86. The van der Waals surface area contributed by atoms with Crippen LogP contribution in [0.15, 0.2) is 55.2 Å². The fourth-order valence-corrected chi connectivity index (χ4v) is 3.36. The highest BCUT2D eigenvalue weighted by Crippen LogP contribution is 2.32. The fourth-order valence-electron chi connectivity index (χ4n) is 3.36. The quantitative estimate of drug-likeness (QED) is 0.524. The minimum atomic E-state index is 0.608. The molecule has 0 saturated carbocycles. The SMILES string of the molecule is C=C(Cc1cccc2c1C=CCC2=C)CC1C=C[CH]C[CH]C1.CC. The van der Waals surface area contributed by atoms with E-state index in [1.165, 1.54) is 27.8 Å². The van der Waals surface area contributed by atoms with Crippen molar-refractivity contribution in [1.29, 1.82) is 0 Å². The van der Waals surface area contributed by atoms with Gasteiger partial charge in [-0.25, -0.2) is 0 Å². The summed E-state index contributed by atoms with van der Waals surface area (Å²) in [7, 11) is 0. The molecule has 0 N–H and O–H groups in total. The molecule has 0 nitrogen and oxygen atoms in total. The van der Waals surface area contributed by atoms with E-state index in [1.54, 1.807) is 0 Å². The van der Waals surface area contributed by atoms with Crippen LogP contribution >= 0.6 is 0 Å². The molecule has 0 heterocycles. The van der Waals surface area contributed by atoms with Gasteiger partial charge in [-0.05, 0) is 73.1 Å². The zero-order chi connectivity index (χ0) is 17.4. The first kappa shape index (κ1) is 18.5. The molecule has 0 bridgehead atoms. The highest BCUT2D eigenvalue weighted by molar-refractivity contribution is 5.79. The van der Waals surface area contributed by atoms with E-state index in [9.17, 15) is 0 Å². The molecule has 1 atom stereocenters. The Labute approximate surface area is 148 Å². The Kier molecular flexibility index (Phi) is 7.31. The zero-order valence-corrected chi connectivity index (χ0v) is 15.2. The predicted molar refractivity (Wildman–Crippen MR) is 108 cm³/mol.